The summed E-state index contributed by atoms with van der Waals surface area (Å²) < 4.78 is 11.7. The van der Waals surface area contributed by atoms with Crippen molar-refractivity contribution < 1.29 is 128 Å². The van der Waals surface area contributed by atoms with Crippen LogP contribution in [0.3, 0.4) is 0 Å². The van der Waals surface area contributed by atoms with Gasteiger partial charge in [-0.1, -0.05) is 45.0 Å². The fourth-order valence-electron chi connectivity index (χ4n) is 6.61. The van der Waals surface area contributed by atoms with Crippen LogP contribution < -0.4 is 0 Å². The molecule has 1 unspecified atom stereocenters. The van der Waals surface area contributed by atoms with E-state index >= 15 is 0 Å². The van der Waals surface area contributed by atoms with E-state index < -0.39 is 69.5 Å². The summed E-state index contributed by atoms with van der Waals surface area (Å²) in [4.78, 5) is 27.1. The molecule has 1 saturated heterocycles. The van der Waals surface area contributed by atoms with Crippen molar-refractivity contribution in [2.45, 2.75) is 88.5 Å². The normalized spacial score (nSPS) is 38.4. The molecule has 4 N–H and O–H groups in total. The summed E-state index contributed by atoms with van der Waals surface area (Å²) in [6, 6.07) is 8.20. The van der Waals surface area contributed by atoms with Crippen LogP contribution >= 0.6 is 11.6 Å². The van der Waals surface area contributed by atoms with Crippen LogP contribution in [0.2, 0.25) is 0 Å². The predicted octanol–water partition coefficient (Wildman–Crippen LogP) is 2.39. The number of benzene rings is 1. The summed E-state index contributed by atoms with van der Waals surface area (Å²) in [6.07, 6.45) is -3.09. The molecule has 1 aliphatic heterocycles. The minimum atomic E-state index is -1.93. The number of carbonyl (C=O) groups excluding carboxylic acids is 2. The second kappa shape index (κ2) is 13.0. The van der Waals surface area contributed by atoms with Crippen LogP contribution in [0.15, 0.2) is 42.0 Å². The largest absolute Gasteiger partial charge is 0.455 e. The number of ketones is 1. The van der Waals surface area contributed by atoms with Gasteiger partial charge < -0.3 is 29.9 Å². The standard InChI is InChI=1S/C28H37ClO8.2Ac/c1-15-12-25(3,4)28(35,13-18(15)31)23(37-24(33)17-9-7-6-8-10-17)21-26(5,22(32)16(2)30)19(29)11-20-27(21,34)14-36-20;;/h6-10,12,16,18-21,23,30-31,34-35H,11,13-14H2,1-5H3;;/t16-,18+,19+,20-,21?,23+,26-,27+,28-;;/m1../s1. The molecule has 0 aromatic heterocycles. The summed E-state index contributed by atoms with van der Waals surface area (Å²) in [5.74, 6) is -2.66. The quantitative estimate of drug-likeness (QED) is 0.194. The van der Waals surface area contributed by atoms with Crippen molar-refractivity contribution in [3.8, 4) is 0 Å². The molecule has 1 aromatic carbocycles. The molecule has 1 aromatic rings. The van der Waals surface area contributed by atoms with Crippen LogP contribution in [0.1, 0.15) is 57.8 Å². The van der Waals surface area contributed by atoms with Crippen LogP contribution in [0, 0.1) is 105 Å². The van der Waals surface area contributed by atoms with Gasteiger partial charge >= 0.3 is 5.97 Å². The van der Waals surface area contributed by atoms with Crippen molar-refractivity contribution in [1.82, 2.24) is 0 Å². The van der Waals surface area contributed by atoms with Crippen molar-refractivity contribution in [3.05, 3.63) is 47.5 Å². The first-order valence-corrected chi connectivity index (χ1v) is 13.1. The Balaban J connectivity index is 0.00000267. The third-order valence-electron chi connectivity index (χ3n) is 8.99. The van der Waals surface area contributed by atoms with Crippen molar-refractivity contribution in [2.75, 3.05) is 6.61 Å². The van der Waals surface area contributed by atoms with Gasteiger partial charge in [0.25, 0.3) is 0 Å². The van der Waals surface area contributed by atoms with Gasteiger partial charge in [-0.25, -0.2) is 4.79 Å². The maximum Gasteiger partial charge on any atom is 0.338 e. The van der Waals surface area contributed by atoms with Crippen LogP contribution in [-0.4, -0.2) is 79.8 Å². The molecule has 11 heteroatoms. The first-order valence-electron chi connectivity index (χ1n) is 12.7. The Bertz CT molecular complexity index is 1100. The van der Waals surface area contributed by atoms with E-state index in [2.05, 4.69) is 0 Å². The Morgan fingerprint density at radius 3 is 2.23 bits per heavy atom. The maximum absolute atomic E-state index is 13.6. The minimum absolute atomic E-state index is 0. The first-order chi connectivity index (χ1) is 17.1. The molecule has 2 radical (unpaired) electrons. The topological polar surface area (TPSA) is 134 Å². The fourth-order valence-corrected chi connectivity index (χ4v) is 7.01. The number of fused-ring (bicyclic) bond motifs is 1. The van der Waals surface area contributed by atoms with Crippen LogP contribution in [0.4, 0.5) is 0 Å². The van der Waals surface area contributed by atoms with Gasteiger partial charge in [-0.2, -0.15) is 0 Å². The molecular formula is C28H37Ac2ClO8. The predicted molar refractivity (Wildman–Crippen MR) is 136 cm³/mol. The van der Waals surface area contributed by atoms with Gasteiger partial charge in [-0.3, -0.25) is 4.79 Å². The third-order valence-corrected chi connectivity index (χ3v) is 9.62. The van der Waals surface area contributed by atoms with Crippen molar-refractivity contribution >= 4 is 23.4 Å². The van der Waals surface area contributed by atoms with Crippen molar-refractivity contribution in [3.63, 3.8) is 0 Å². The van der Waals surface area contributed by atoms with Crippen molar-refractivity contribution in [1.29, 1.82) is 0 Å². The summed E-state index contributed by atoms with van der Waals surface area (Å²) in [6.45, 7) is 7.94. The number of esters is 1. The molecule has 4 rings (SSSR count). The van der Waals surface area contributed by atoms with E-state index in [-0.39, 0.29) is 113 Å². The zero-order chi connectivity index (χ0) is 27.6. The van der Waals surface area contributed by atoms with Crippen LogP contribution in [0.25, 0.3) is 0 Å². The molecule has 0 spiro atoms. The molecule has 1 saturated carbocycles. The molecule has 3 aliphatic rings. The Kier molecular flexibility index (Phi) is 12.1. The summed E-state index contributed by atoms with van der Waals surface area (Å²) in [5, 5.41) is 44.7. The third kappa shape index (κ3) is 6.07. The average Bonchev–Trinajstić information content (AvgIpc) is 2.83. The molecule has 2 fully saturated rings. The van der Waals surface area contributed by atoms with E-state index in [1.165, 1.54) is 13.8 Å². The van der Waals surface area contributed by atoms with Gasteiger partial charge in [-0.15, -0.1) is 11.6 Å². The second-order valence-corrected chi connectivity index (χ2v) is 12.3. The molecule has 1 heterocycles. The number of aliphatic hydroxyl groups excluding tert-OH is 2. The summed E-state index contributed by atoms with van der Waals surface area (Å²) in [7, 11) is 0. The Morgan fingerprint density at radius 2 is 1.72 bits per heavy atom. The van der Waals surface area contributed by atoms with E-state index in [0.29, 0.717) is 5.57 Å². The number of alkyl halides is 1. The smallest absolute Gasteiger partial charge is 0.338 e. The fraction of sp³-hybridized carbons (Fsp3) is 0.643. The number of carbonyl (C=O) groups is 2. The van der Waals surface area contributed by atoms with Gasteiger partial charge in [-0.05, 0) is 38.0 Å². The number of hydrogen-bond acceptors (Lipinski definition) is 8. The Hall–Kier alpha value is 1.07. The molecule has 0 amide bonds. The van der Waals surface area contributed by atoms with Gasteiger partial charge in [0.15, 0.2) is 5.78 Å². The Morgan fingerprint density at radius 1 is 1.13 bits per heavy atom. The van der Waals surface area contributed by atoms with Gasteiger partial charge in [0, 0.05) is 111 Å². The maximum atomic E-state index is 13.6. The van der Waals surface area contributed by atoms with E-state index in [9.17, 15) is 30.0 Å². The summed E-state index contributed by atoms with van der Waals surface area (Å²) in [5.41, 5.74) is -5.41. The molecule has 210 valence electrons. The second-order valence-electron chi connectivity index (χ2n) is 11.7. The van der Waals surface area contributed by atoms with Gasteiger partial charge in [0.1, 0.15) is 23.4 Å². The van der Waals surface area contributed by atoms with E-state index in [0.717, 1.165) is 0 Å². The SMILES string of the molecule is CC1=CC(C)(C)[C@](O)([C@@H](OC(=O)c2ccccc2)C2[C@]3(O)CO[C@@H]3C[C@H](Cl)[C@@]2(C)C(=O)[C@@H](C)O)C[C@@H]1O.[Ac].[Ac]. The number of aliphatic hydroxyl groups is 4. The zero-order valence-electron chi connectivity index (χ0n) is 23.0. The van der Waals surface area contributed by atoms with E-state index in [4.69, 9.17) is 21.1 Å². The number of ether oxygens (including phenoxy) is 2. The summed E-state index contributed by atoms with van der Waals surface area (Å²) >= 11 is 6.81. The zero-order valence-corrected chi connectivity index (χ0v) is 33.3. The molecule has 39 heavy (non-hydrogen) atoms. The number of hydrogen-bond donors (Lipinski definition) is 4. The van der Waals surface area contributed by atoms with Gasteiger partial charge in [0.05, 0.1) is 29.8 Å². The first kappa shape index (κ1) is 36.3. The monoisotopic (exact) mass is 990 g/mol. The minimum Gasteiger partial charge on any atom is -0.455 e. The molecule has 8 nitrogen and oxygen atoms in total. The average molecular weight is 991 g/mol. The molecule has 0 bridgehead atoms. The Labute approximate surface area is 306 Å². The molecule has 9 atom stereocenters. The number of rotatable bonds is 6. The van der Waals surface area contributed by atoms with E-state index in [1.54, 1.807) is 57.2 Å². The van der Waals surface area contributed by atoms with Gasteiger partial charge in [0.2, 0.25) is 0 Å². The van der Waals surface area contributed by atoms with Crippen LogP contribution in [-0.2, 0) is 14.3 Å². The number of Topliss-reactive ketones (excluding diaryl/α,β-unsaturated/α-hetero) is 1. The number of halogens is 1. The molecular weight excluding hydrogens is 954 g/mol. The molecule has 2 aliphatic carbocycles. The van der Waals surface area contributed by atoms with Crippen LogP contribution in [0.5, 0.6) is 0 Å². The van der Waals surface area contributed by atoms with Crippen molar-refractivity contribution in [2.24, 2.45) is 16.7 Å². The van der Waals surface area contributed by atoms with E-state index in [1.807, 2.05) is 0 Å².